The number of halogens is 2. The average molecular weight is 278 g/mol. The van der Waals surface area contributed by atoms with E-state index in [0.29, 0.717) is 16.0 Å². The summed E-state index contributed by atoms with van der Waals surface area (Å²) in [6, 6.07) is 3.36. The summed E-state index contributed by atoms with van der Waals surface area (Å²) in [5.41, 5.74) is 2.50. The third-order valence-corrected chi connectivity index (χ3v) is 3.68. The molecule has 0 saturated carbocycles. The van der Waals surface area contributed by atoms with Crippen molar-refractivity contribution in [1.82, 2.24) is 9.97 Å². The van der Waals surface area contributed by atoms with Gasteiger partial charge in [-0.1, -0.05) is 12.2 Å². The van der Waals surface area contributed by atoms with Crippen molar-refractivity contribution in [2.75, 3.05) is 0 Å². The van der Waals surface area contributed by atoms with Crippen LogP contribution in [0.3, 0.4) is 0 Å². The summed E-state index contributed by atoms with van der Waals surface area (Å²) in [5.74, 6) is -0.799. The van der Waals surface area contributed by atoms with Gasteiger partial charge in [0.25, 0.3) is 0 Å². The van der Waals surface area contributed by atoms with Crippen molar-refractivity contribution < 1.29 is 8.78 Å². The van der Waals surface area contributed by atoms with E-state index in [0.717, 1.165) is 43.0 Å². The fourth-order valence-corrected chi connectivity index (χ4v) is 2.76. The molecule has 1 aromatic heterocycles. The maximum Gasteiger partial charge on any atom is 0.139 e. The molecule has 1 heterocycles. The highest BCUT2D eigenvalue weighted by atomic mass is 32.1. The van der Waals surface area contributed by atoms with E-state index in [2.05, 4.69) is 9.97 Å². The third-order valence-electron chi connectivity index (χ3n) is 3.34. The minimum Gasteiger partial charge on any atom is -0.343 e. The molecule has 0 atom stereocenters. The van der Waals surface area contributed by atoms with Crippen LogP contribution in [-0.2, 0) is 12.8 Å². The molecule has 0 unspecified atom stereocenters. The van der Waals surface area contributed by atoms with Crippen LogP contribution in [0.2, 0.25) is 0 Å². The van der Waals surface area contributed by atoms with Crippen molar-refractivity contribution in [3.8, 4) is 11.4 Å². The lowest BCUT2D eigenvalue weighted by atomic mass is 9.97. The fourth-order valence-electron chi connectivity index (χ4n) is 2.45. The van der Waals surface area contributed by atoms with Crippen LogP contribution >= 0.6 is 12.2 Å². The van der Waals surface area contributed by atoms with Gasteiger partial charge in [0.05, 0.1) is 0 Å². The van der Waals surface area contributed by atoms with Crippen molar-refractivity contribution in [3.63, 3.8) is 0 Å². The summed E-state index contributed by atoms with van der Waals surface area (Å²) in [5, 5.41) is 0. The minimum atomic E-state index is -0.617. The van der Waals surface area contributed by atoms with Gasteiger partial charge in [-0.3, -0.25) is 0 Å². The molecule has 3 rings (SSSR count). The van der Waals surface area contributed by atoms with Gasteiger partial charge in [0.2, 0.25) is 0 Å². The van der Waals surface area contributed by atoms with Gasteiger partial charge in [-0.2, -0.15) is 0 Å². The topological polar surface area (TPSA) is 28.7 Å². The zero-order valence-electron chi connectivity index (χ0n) is 10.2. The smallest absolute Gasteiger partial charge is 0.139 e. The van der Waals surface area contributed by atoms with E-state index in [1.807, 2.05) is 0 Å². The van der Waals surface area contributed by atoms with E-state index in [1.165, 1.54) is 12.1 Å². The zero-order valence-corrected chi connectivity index (χ0v) is 11.0. The number of nitrogens with zero attached hydrogens (tertiary/aromatic N) is 1. The molecule has 0 amide bonds. The van der Waals surface area contributed by atoms with Crippen molar-refractivity contribution in [1.29, 1.82) is 0 Å². The molecule has 2 nitrogen and oxygen atoms in total. The molecule has 5 heteroatoms. The Kier molecular flexibility index (Phi) is 3.14. The van der Waals surface area contributed by atoms with Crippen LogP contribution in [0, 0.1) is 16.3 Å². The molecule has 2 aromatic rings. The van der Waals surface area contributed by atoms with Crippen molar-refractivity contribution in [2.24, 2.45) is 0 Å². The molecule has 0 aliphatic heterocycles. The Morgan fingerprint density at radius 1 is 1.05 bits per heavy atom. The second kappa shape index (κ2) is 4.81. The lowest BCUT2D eigenvalue weighted by Crippen LogP contribution is -2.08. The minimum absolute atomic E-state index is 0.386. The molecule has 0 fully saturated rings. The Hall–Kier alpha value is -1.62. The fraction of sp³-hybridized carbons (Fsp3) is 0.286. The first kappa shape index (κ1) is 12.4. The van der Waals surface area contributed by atoms with Crippen molar-refractivity contribution >= 4 is 12.2 Å². The van der Waals surface area contributed by atoms with Crippen LogP contribution in [0.4, 0.5) is 8.78 Å². The van der Waals surface area contributed by atoms with E-state index in [4.69, 9.17) is 12.2 Å². The summed E-state index contributed by atoms with van der Waals surface area (Å²) in [4.78, 5) is 7.43. The molecule has 1 aliphatic rings. The maximum absolute atomic E-state index is 13.2. The largest absolute Gasteiger partial charge is 0.343 e. The normalized spacial score (nSPS) is 14.2. The lowest BCUT2D eigenvalue weighted by Gasteiger charge is -2.16. The first-order valence-corrected chi connectivity index (χ1v) is 6.63. The van der Waals surface area contributed by atoms with Crippen LogP contribution in [0.25, 0.3) is 11.4 Å². The zero-order chi connectivity index (χ0) is 13.4. The Labute approximate surface area is 114 Å². The summed E-state index contributed by atoms with van der Waals surface area (Å²) in [7, 11) is 0. The van der Waals surface area contributed by atoms with Gasteiger partial charge in [0, 0.05) is 22.9 Å². The van der Waals surface area contributed by atoms with Gasteiger partial charge < -0.3 is 4.98 Å². The number of rotatable bonds is 1. The number of benzene rings is 1. The van der Waals surface area contributed by atoms with Gasteiger partial charge in [-0.25, -0.2) is 13.8 Å². The summed E-state index contributed by atoms with van der Waals surface area (Å²) in [6.07, 6.45) is 4.04. The van der Waals surface area contributed by atoms with Gasteiger partial charge in [0.15, 0.2) is 0 Å². The Morgan fingerprint density at radius 3 is 2.47 bits per heavy atom. The van der Waals surface area contributed by atoms with Crippen molar-refractivity contribution in [3.05, 3.63) is 45.7 Å². The van der Waals surface area contributed by atoms with Gasteiger partial charge in [-0.05, 0) is 37.8 Å². The quantitative estimate of drug-likeness (QED) is 0.800. The van der Waals surface area contributed by atoms with Crippen molar-refractivity contribution in [2.45, 2.75) is 25.7 Å². The molecule has 19 heavy (non-hydrogen) atoms. The lowest BCUT2D eigenvalue weighted by molar-refractivity contribution is 0.583. The molecule has 0 spiro atoms. The maximum atomic E-state index is 13.2. The van der Waals surface area contributed by atoms with Gasteiger partial charge in [0.1, 0.15) is 22.1 Å². The predicted molar refractivity (Wildman–Crippen MR) is 71.4 cm³/mol. The average Bonchev–Trinajstić information content (AvgIpc) is 2.37. The van der Waals surface area contributed by atoms with E-state index < -0.39 is 11.6 Å². The van der Waals surface area contributed by atoms with Gasteiger partial charge in [-0.15, -0.1) is 0 Å². The summed E-state index contributed by atoms with van der Waals surface area (Å²) < 4.78 is 27.0. The number of aryl methyl sites for hydroxylation is 1. The van der Waals surface area contributed by atoms with E-state index >= 15 is 0 Å². The second-order valence-electron chi connectivity index (χ2n) is 4.71. The predicted octanol–water partition coefficient (Wildman–Crippen LogP) is 3.96. The molecular formula is C14H12F2N2S. The highest BCUT2D eigenvalue weighted by Crippen LogP contribution is 2.24. The van der Waals surface area contributed by atoms with Crippen LogP contribution in [-0.4, -0.2) is 9.97 Å². The SMILES string of the molecule is Fc1cc(F)cc(-c2nc(=S)c3c([nH]2)CCCC3)c1. The summed E-state index contributed by atoms with van der Waals surface area (Å²) >= 11 is 5.27. The van der Waals surface area contributed by atoms with Crippen LogP contribution in [0.5, 0.6) is 0 Å². The second-order valence-corrected chi connectivity index (χ2v) is 5.10. The number of H-pyrrole nitrogens is 1. The summed E-state index contributed by atoms with van der Waals surface area (Å²) in [6.45, 7) is 0. The van der Waals surface area contributed by atoms with E-state index in [1.54, 1.807) is 0 Å². The van der Waals surface area contributed by atoms with Crippen LogP contribution < -0.4 is 0 Å². The first-order valence-electron chi connectivity index (χ1n) is 6.22. The molecule has 1 N–H and O–H groups in total. The third kappa shape index (κ3) is 2.42. The first-order chi connectivity index (χ1) is 9.13. The van der Waals surface area contributed by atoms with Gasteiger partial charge >= 0.3 is 0 Å². The number of aromatic nitrogens is 2. The van der Waals surface area contributed by atoms with E-state index in [9.17, 15) is 8.78 Å². The van der Waals surface area contributed by atoms with Crippen LogP contribution in [0.1, 0.15) is 24.1 Å². The number of hydrogen-bond acceptors (Lipinski definition) is 2. The number of fused-ring (bicyclic) bond motifs is 1. The molecular weight excluding hydrogens is 266 g/mol. The highest BCUT2D eigenvalue weighted by Gasteiger charge is 2.14. The van der Waals surface area contributed by atoms with E-state index in [-0.39, 0.29) is 0 Å². The monoisotopic (exact) mass is 278 g/mol. The number of nitrogens with one attached hydrogen (secondary N) is 1. The Bertz CT molecular complexity index is 674. The number of aromatic amines is 1. The Morgan fingerprint density at radius 2 is 1.74 bits per heavy atom. The molecule has 1 aliphatic carbocycles. The molecule has 0 bridgehead atoms. The Balaban J connectivity index is 2.15. The molecule has 0 saturated heterocycles. The number of hydrogen-bond donors (Lipinski definition) is 1. The molecule has 0 radical (unpaired) electrons. The van der Waals surface area contributed by atoms with Crippen LogP contribution in [0.15, 0.2) is 18.2 Å². The highest BCUT2D eigenvalue weighted by molar-refractivity contribution is 7.71. The standard InChI is InChI=1S/C14H12F2N2S/c15-9-5-8(6-10(16)7-9)13-17-12-4-2-1-3-11(12)14(19)18-13/h5-7H,1-4H2,(H,17,18,19). The molecule has 98 valence electrons. The molecule has 1 aromatic carbocycles.